The fraction of sp³-hybridized carbons (Fsp3) is 0.263. The number of fused-ring (bicyclic) bond motifs is 1. The number of aryl methyl sites for hydroxylation is 1. The maximum absolute atomic E-state index is 12.6. The first-order chi connectivity index (χ1) is 12.6. The Kier molecular flexibility index (Phi) is 5.32. The van der Waals surface area contributed by atoms with Gasteiger partial charge >= 0.3 is 0 Å². The normalized spacial score (nSPS) is 13.5. The van der Waals surface area contributed by atoms with Crippen molar-refractivity contribution in [3.05, 3.63) is 66.3 Å². The Morgan fingerprint density at radius 1 is 1.23 bits per heavy atom. The highest BCUT2D eigenvalue weighted by molar-refractivity contribution is 7.15. The molecule has 0 saturated carbocycles. The molecule has 1 aliphatic carbocycles. The number of amides is 1. The van der Waals surface area contributed by atoms with Crippen molar-refractivity contribution in [1.82, 2.24) is 4.98 Å². The maximum atomic E-state index is 12.6. The van der Waals surface area contributed by atoms with E-state index in [0.717, 1.165) is 35.3 Å². The van der Waals surface area contributed by atoms with Crippen LogP contribution in [0, 0.1) is 0 Å². The van der Waals surface area contributed by atoms with E-state index in [1.54, 1.807) is 23.6 Å². The molecule has 0 saturated heterocycles. The first-order valence-electron chi connectivity index (χ1n) is 8.40. The van der Waals surface area contributed by atoms with Crippen LogP contribution in [-0.4, -0.2) is 10.9 Å². The Hall–Kier alpha value is -1.40. The van der Waals surface area contributed by atoms with Crippen molar-refractivity contribution < 1.29 is 4.79 Å². The highest BCUT2D eigenvalue weighted by Gasteiger charge is 2.21. The number of thiophene rings is 1. The van der Waals surface area contributed by atoms with E-state index >= 15 is 0 Å². The fourth-order valence-corrected chi connectivity index (χ4v) is 5.51. The second-order valence-electron chi connectivity index (χ2n) is 6.23. The Morgan fingerprint density at radius 3 is 2.96 bits per heavy atom. The van der Waals surface area contributed by atoms with Crippen LogP contribution in [0.5, 0.6) is 0 Å². The van der Waals surface area contributed by atoms with E-state index in [9.17, 15) is 4.79 Å². The lowest BCUT2D eigenvalue weighted by atomic mass is 9.96. The molecule has 3 aromatic rings. The summed E-state index contributed by atoms with van der Waals surface area (Å²) in [5, 5.41) is 6.64. The van der Waals surface area contributed by atoms with E-state index in [1.807, 2.05) is 17.5 Å². The lowest BCUT2D eigenvalue weighted by molar-refractivity contribution is 0.102. The van der Waals surface area contributed by atoms with Gasteiger partial charge in [0.05, 0.1) is 15.6 Å². The predicted octanol–water partition coefficient (Wildman–Crippen LogP) is 6.23. The average Bonchev–Trinajstić information content (AvgIpc) is 3.25. The van der Waals surface area contributed by atoms with Crippen LogP contribution in [0.25, 0.3) is 0 Å². The van der Waals surface area contributed by atoms with Crippen LogP contribution in [0.2, 0.25) is 10.0 Å². The molecule has 134 valence electrons. The smallest absolute Gasteiger partial charge is 0.258 e. The second kappa shape index (κ2) is 7.69. The van der Waals surface area contributed by atoms with Gasteiger partial charge in [0.25, 0.3) is 5.91 Å². The number of hydrogen-bond acceptors (Lipinski definition) is 4. The highest BCUT2D eigenvalue weighted by atomic mass is 35.5. The molecule has 0 aliphatic heterocycles. The van der Waals surface area contributed by atoms with E-state index in [4.69, 9.17) is 23.2 Å². The number of carbonyl (C=O) groups excluding carboxylic acids is 1. The number of thiazole rings is 1. The zero-order valence-electron chi connectivity index (χ0n) is 13.9. The van der Waals surface area contributed by atoms with Gasteiger partial charge in [-0.25, -0.2) is 4.98 Å². The molecule has 0 atom stereocenters. The van der Waals surface area contributed by atoms with Gasteiger partial charge in [-0.15, -0.1) is 22.7 Å². The summed E-state index contributed by atoms with van der Waals surface area (Å²) >= 11 is 15.5. The number of halogens is 2. The topological polar surface area (TPSA) is 42.0 Å². The minimum absolute atomic E-state index is 0.0638. The average molecular weight is 423 g/mol. The van der Waals surface area contributed by atoms with Crippen LogP contribution in [0.15, 0.2) is 29.8 Å². The molecule has 0 unspecified atom stereocenters. The number of nitrogens with zero attached hydrogens (tertiary/aromatic N) is 1. The molecule has 0 radical (unpaired) electrons. The number of nitrogens with one attached hydrogen (secondary N) is 1. The summed E-state index contributed by atoms with van der Waals surface area (Å²) in [7, 11) is 0. The molecule has 0 spiro atoms. The number of aromatic nitrogens is 1. The van der Waals surface area contributed by atoms with E-state index < -0.39 is 0 Å². The third-order valence-corrected chi connectivity index (χ3v) is 7.34. The standard InChI is InChI=1S/C19H16Cl2N2OS2/c20-15-6-3-4-11(17(15)21)8-12-9-22-19(26-12)23-18(24)14-10-25-16-7-2-1-5-13(14)16/h3-4,6,9-10H,1-2,5,7-8H2,(H,22,23,24). The fourth-order valence-electron chi connectivity index (χ4n) is 3.17. The zero-order valence-corrected chi connectivity index (χ0v) is 17.0. The minimum Gasteiger partial charge on any atom is -0.298 e. The van der Waals surface area contributed by atoms with Crippen LogP contribution >= 0.6 is 45.9 Å². The number of rotatable bonds is 4. The number of anilines is 1. The first-order valence-corrected chi connectivity index (χ1v) is 10.8. The van der Waals surface area contributed by atoms with Crippen LogP contribution in [0.3, 0.4) is 0 Å². The van der Waals surface area contributed by atoms with Crippen LogP contribution < -0.4 is 5.32 Å². The molecule has 2 aromatic heterocycles. The molecule has 0 fully saturated rings. The SMILES string of the molecule is O=C(Nc1ncc(Cc2cccc(Cl)c2Cl)s1)c1csc2c1CCCC2. The van der Waals surface area contributed by atoms with Gasteiger partial charge in [0.2, 0.25) is 0 Å². The van der Waals surface area contributed by atoms with Gasteiger partial charge in [0, 0.05) is 27.8 Å². The Bertz CT molecular complexity index is 964. The van der Waals surface area contributed by atoms with Crippen molar-refractivity contribution in [2.75, 3.05) is 5.32 Å². The molecule has 1 aliphatic rings. The van der Waals surface area contributed by atoms with Crippen molar-refractivity contribution in [3.8, 4) is 0 Å². The summed E-state index contributed by atoms with van der Waals surface area (Å²) in [5.74, 6) is -0.0638. The van der Waals surface area contributed by atoms with Crippen LogP contribution in [0.1, 0.15) is 44.1 Å². The Labute approximate surface area is 170 Å². The molecule has 4 rings (SSSR count). The molecule has 1 amide bonds. The highest BCUT2D eigenvalue weighted by Crippen LogP contribution is 2.32. The van der Waals surface area contributed by atoms with Crippen molar-refractivity contribution in [3.63, 3.8) is 0 Å². The third kappa shape index (κ3) is 3.67. The van der Waals surface area contributed by atoms with Gasteiger partial charge < -0.3 is 0 Å². The van der Waals surface area contributed by atoms with Crippen LogP contribution in [-0.2, 0) is 19.3 Å². The quantitative estimate of drug-likeness (QED) is 0.540. The summed E-state index contributed by atoms with van der Waals surface area (Å²) in [6, 6.07) is 5.60. The Balaban J connectivity index is 1.47. The van der Waals surface area contributed by atoms with E-state index in [0.29, 0.717) is 21.6 Å². The lowest BCUT2D eigenvalue weighted by Crippen LogP contribution is -2.14. The molecule has 0 bridgehead atoms. The first kappa shape index (κ1) is 18.0. The number of carbonyl (C=O) groups is 1. The minimum atomic E-state index is -0.0638. The van der Waals surface area contributed by atoms with Crippen molar-refractivity contribution in [2.45, 2.75) is 32.1 Å². The van der Waals surface area contributed by atoms with E-state index in [1.165, 1.54) is 28.2 Å². The molecule has 7 heteroatoms. The second-order valence-corrected chi connectivity index (χ2v) is 9.10. The van der Waals surface area contributed by atoms with Crippen molar-refractivity contribution >= 4 is 56.9 Å². The molecule has 1 aromatic carbocycles. The van der Waals surface area contributed by atoms with Gasteiger partial charge in [-0.1, -0.05) is 35.3 Å². The maximum Gasteiger partial charge on any atom is 0.258 e. The van der Waals surface area contributed by atoms with Gasteiger partial charge in [-0.05, 0) is 42.9 Å². The summed E-state index contributed by atoms with van der Waals surface area (Å²) in [6.45, 7) is 0. The monoisotopic (exact) mass is 422 g/mol. The van der Waals surface area contributed by atoms with Gasteiger partial charge in [-0.3, -0.25) is 10.1 Å². The summed E-state index contributed by atoms with van der Waals surface area (Å²) in [4.78, 5) is 19.4. The van der Waals surface area contributed by atoms with Gasteiger partial charge in [-0.2, -0.15) is 0 Å². The molecule has 3 nitrogen and oxygen atoms in total. The largest absolute Gasteiger partial charge is 0.298 e. The number of benzene rings is 1. The van der Waals surface area contributed by atoms with Gasteiger partial charge in [0.15, 0.2) is 5.13 Å². The molecular weight excluding hydrogens is 407 g/mol. The van der Waals surface area contributed by atoms with E-state index in [2.05, 4.69) is 10.3 Å². The predicted molar refractivity (Wildman–Crippen MR) is 110 cm³/mol. The molecular formula is C19H16Cl2N2OS2. The van der Waals surface area contributed by atoms with E-state index in [-0.39, 0.29) is 5.91 Å². The van der Waals surface area contributed by atoms with Crippen molar-refractivity contribution in [1.29, 1.82) is 0 Å². The van der Waals surface area contributed by atoms with Crippen molar-refractivity contribution in [2.24, 2.45) is 0 Å². The Morgan fingerprint density at radius 2 is 2.08 bits per heavy atom. The summed E-state index contributed by atoms with van der Waals surface area (Å²) in [5.41, 5.74) is 2.98. The third-order valence-electron chi connectivity index (χ3n) is 4.48. The van der Waals surface area contributed by atoms with Crippen LogP contribution in [0.4, 0.5) is 5.13 Å². The summed E-state index contributed by atoms with van der Waals surface area (Å²) in [6.07, 6.45) is 6.89. The number of hydrogen-bond donors (Lipinski definition) is 1. The van der Waals surface area contributed by atoms with Gasteiger partial charge in [0.1, 0.15) is 0 Å². The summed E-state index contributed by atoms with van der Waals surface area (Å²) < 4.78 is 0. The molecule has 1 N–H and O–H groups in total. The lowest BCUT2D eigenvalue weighted by Gasteiger charge is -2.12. The zero-order chi connectivity index (χ0) is 18.1. The molecule has 26 heavy (non-hydrogen) atoms. The molecule has 2 heterocycles.